The zero-order valence-electron chi connectivity index (χ0n) is 18.8. The van der Waals surface area contributed by atoms with Crippen LogP contribution in [0.3, 0.4) is 0 Å². The van der Waals surface area contributed by atoms with Crippen molar-refractivity contribution in [1.29, 1.82) is 0 Å². The predicted molar refractivity (Wildman–Crippen MR) is 129 cm³/mol. The van der Waals surface area contributed by atoms with E-state index in [0.717, 1.165) is 37.6 Å². The molecule has 2 aliphatic rings. The molecule has 8 nitrogen and oxygen atoms in total. The first kappa shape index (κ1) is 23.9. The largest absolute Gasteiger partial charge is 0.354 e. The van der Waals surface area contributed by atoms with E-state index in [4.69, 9.17) is 11.6 Å². The topological polar surface area (TPSA) is 85.8 Å². The zero-order chi connectivity index (χ0) is 23.4. The molecule has 0 radical (unpaired) electrons. The number of carbonyl (C=O) groups is 1. The maximum Gasteiger partial charge on any atom is 0.243 e. The Morgan fingerprint density at radius 2 is 1.73 bits per heavy atom. The third-order valence-corrected chi connectivity index (χ3v) is 8.56. The number of rotatable bonds is 6. The number of sulfonamides is 1. The van der Waals surface area contributed by atoms with Crippen LogP contribution in [0.4, 0.5) is 5.82 Å². The minimum Gasteiger partial charge on any atom is -0.354 e. The number of pyridine rings is 1. The van der Waals surface area contributed by atoms with Crippen LogP contribution in [0, 0.1) is 5.92 Å². The highest BCUT2D eigenvalue weighted by molar-refractivity contribution is 7.89. The molecule has 1 aromatic carbocycles. The van der Waals surface area contributed by atoms with Gasteiger partial charge in [0.25, 0.3) is 0 Å². The molecular formula is C23H30ClN5O3S. The van der Waals surface area contributed by atoms with Gasteiger partial charge in [0.05, 0.1) is 4.90 Å². The molecule has 0 bridgehead atoms. The molecule has 2 fully saturated rings. The van der Waals surface area contributed by atoms with Crippen molar-refractivity contribution >= 4 is 33.3 Å². The molecule has 0 atom stereocenters. The first-order chi connectivity index (χ1) is 15.8. The van der Waals surface area contributed by atoms with Crippen molar-refractivity contribution in [3.05, 3.63) is 53.2 Å². The standard InChI is InChI=1S/C23H30ClN5O3S/c1-27-13-15-28(16-14-27)22-19(3-2-10-25-22)17-26-23(30)18-8-11-29(12-9-18)33(31,32)21-6-4-20(24)5-7-21/h2-7,10,18H,8-9,11-17H2,1H3,(H,26,30). The number of hydrogen-bond acceptors (Lipinski definition) is 6. The van der Waals surface area contributed by atoms with Crippen molar-refractivity contribution in [1.82, 2.24) is 19.5 Å². The van der Waals surface area contributed by atoms with Crippen molar-refractivity contribution < 1.29 is 13.2 Å². The Morgan fingerprint density at radius 1 is 1.06 bits per heavy atom. The van der Waals surface area contributed by atoms with E-state index < -0.39 is 10.0 Å². The summed E-state index contributed by atoms with van der Waals surface area (Å²) in [6.07, 6.45) is 2.78. The van der Waals surface area contributed by atoms with Crippen molar-refractivity contribution in [2.75, 3.05) is 51.2 Å². The monoisotopic (exact) mass is 491 g/mol. The Bertz CT molecular complexity index is 1060. The van der Waals surface area contributed by atoms with Crippen molar-refractivity contribution in [3.8, 4) is 0 Å². The average Bonchev–Trinajstić information content (AvgIpc) is 2.83. The molecule has 0 saturated carbocycles. The normalized spacial score (nSPS) is 18.9. The van der Waals surface area contributed by atoms with Crippen LogP contribution >= 0.6 is 11.6 Å². The lowest BCUT2D eigenvalue weighted by atomic mass is 9.97. The number of nitrogens with zero attached hydrogens (tertiary/aromatic N) is 4. The predicted octanol–water partition coefficient (Wildman–Crippen LogP) is 2.20. The SMILES string of the molecule is CN1CCN(c2ncccc2CNC(=O)C2CCN(S(=O)(=O)c3ccc(Cl)cc3)CC2)CC1. The van der Waals surface area contributed by atoms with Gasteiger partial charge in [0, 0.05) is 68.5 Å². The molecule has 0 unspecified atom stereocenters. The lowest BCUT2D eigenvalue weighted by Gasteiger charge is -2.34. The molecule has 10 heteroatoms. The van der Waals surface area contributed by atoms with Gasteiger partial charge in [-0.15, -0.1) is 0 Å². The highest BCUT2D eigenvalue weighted by Crippen LogP contribution is 2.25. The van der Waals surface area contributed by atoms with E-state index in [9.17, 15) is 13.2 Å². The van der Waals surface area contributed by atoms with Crippen molar-refractivity contribution in [2.24, 2.45) is 5.92 Å². The van der Waals surface area contributed by atoms with E-state index in [0.29, 0.717) is 37.5 Å². The third-order valence-electron chi connectivity index (χ3n) is 6.40. The third kappa shape index (κ3) is 5.66. The fourth-order valence-corrected chi connectivity index (χ4v) is 5.91. The number of hydrogen-bond donors (Lipinski definition) is 1. The summed E-state index contributed by atoms with van der Waals surface area (Å²) in [6.45, 7) is 4.85. The van der Waals surface area contributed by atoms with Crippen molar-refractivity contribution in [3.63, 3.8) is 0 Å². The van der Waals surface area contributed by atoms with E-state index in [1.807, 2.05) is 12.1 Å². The van der Waals surface area contributed by atoms with Gasteiger partial charge < -0.3 is 15.1 Å². The Labute approximate surface area is 200 Å². The highest BCUT2D eigenvalue weighted by atomic mass is 35.5. The summed E-state index contributed by atoms with van der Waals surface area (Å²) >= 11 is 5.87. The molecule has 2 saturated heterocycles. The first-order valence-electron chi connectivity index (χ1n) is 11.3. The van der Waals surface area contributed by atoms with Gasteiger partial charge in [0.1, 0.15) is 5.82 Å². The van der Waals surface area contributed by atoms with Crippen LogP contribution in [0.2, 0.25) is 5.02 Å². The number of likely N-dealkylation sites (N-methyl/N-ethyl adjacent to an activating group) is 1. The molecule has 33 heavy (non-hydrogen) atoms. The van der Waals surface area contributed by atoms with Gasteiger partial charge in [-0.25, -0.2) is 13.4 Å². The molecular weight excluding hydrogens is 462 g/mol. The second-order valence-electron chi connectivity index (χ2n) is 8.63. The van der Waals surface area contributed by atoms with E-state index in [1.165, 1.54) is 16.4 Å². The summed E-state index contributed by atoms with van der Waals surface area (Å²) < 4.78 is 27.2. The van der Waals surface area contributed by atoms with Crippen molar-refractivity contribution in [2.45, 2.75) is 24.3 Å². The van der Waals surface area contributed by atoms with E-state index >= 15 is 0 Å². The van der Waals surface area contributed by atoms with Gasteiger partial charge >= 0.3 is 0 Å². The maximum absolute atomic E-state index is 12.9. The van der Waals surface area contributed by atoms with Crippen LogP contribution in [0.25, 0.3) is 0 Å². The molecule has 2 aliphatic heterocycles. The molecule has 1 amide bonds. The summed E-state index contributed by atoms with van der Waals surface area (Å²) in [6, 6.07) is 10.1. The summed E-state index contributed by atoms with van der Waals surface area (Å²) in [4.78, 5) is 22.2. The molecule has 1 aromatic heterocycles. The highest BCUT2D eigenvalue weighted by Gasteiger charge is 2.32. The fraction of sp³-hybridized carbons (Fsp3) is 0.478. The zero-order valence-corrected chi connectivity index (χ0v) is 20.4. The van der Waals surface area contributed by atoms with Crippen LogP contribution in [0.15, 0.2) is 47.5 Å². The van der Waals surface area contributed by atoms with Crippen LogP contribution in [-0.2, 0) is 21.4 Å². The molecule has 2 aromatic rings. The van der Waals surface area contributed by atoms with Gasteiger partial charge in [0.2, 0.25) is 15.9 Å². The smallest absolute Gasteiger partial charge is 0.243 e. The first-order valence-corrected chi connectivity index (χ1v) is 13.1. The molecule has 4 rings (SSSR count). The number of aromatic nitrogens is 1. The van der Waals surface area contributed by atoms with Crippen LogP contribution in [0.1, 0.15) is 18.4 Å². The number of amides is 1. The summed E-state index contributed by atoms with van der Waals surface area (Å²) in [5.41, 5.74) is 0.998. The molecule has 0 aliphatic carbocycles. The number of piperazine rings is 1. The Hall–Kier alpha value is -2.20. The second kappa shape index (κ2) is 10.4. The number of anilines is 1. The lowest BCUT2D eigenvalue weighted by molar-refractivity contribution is -0.126. The number of halogens is 1. The molecule has 3 heterocycles. The van der Waals surface area contributed by atoms with Gasteiger partial charge in [0.15, 0.2) is 0 Å². The Balaban J connectivity index is 1.32. The Morgan fingerprint density at radius 3 is 2.39 bits per heavy atom. The number of benzene rings is 1. The average molecular weight is 492 g/mol. The summed E-state index contributed by atoms with van der Waals surface area (Å²) in [7, 11) is -1.47. The lowest BCUT2D eigenvalue weighted by Crippen LogP contribution is -2.45. The molecule has 0 spiro atoms. The van der Waals surface area contributed by atoms with Crippen LogP contribution in [-0.4, -0.2) is 74.8 Å². The second-order valence-corrected chi connectivity index (χ2v) is 11.0. The maximum atomic E-state index is 12.9. The summed E-state index contributed by atoms with van der Waals surface area (Å²) in [5, 5.41) is 3.54. The van der Waals surface area contributed by atoms with Crippen LogP contribution in [0.5, 0.6) is 0 Å². The van der Waals surface area contributed by atoms with E-state index in [1.54, 1.807) is 18.3 Å². The number of piperidine rings is 1. The van der Waals surface area contributed by atoms with E-state index in [2.05, 4.69) is 27.1 Å². The van der Waals surface area contributed by atoms with Gasteiger partial charge in [-0.1, -0.05) is 17.7 Å². The van der Waals surface area contributed by atoms with Crippen LogP contribution < -0.4 is 10.2 Å². The van der Waals surface area contributed by atoms with Gasteiger partial charge in [-0.05, 0) is 50.2 Å². The van der Waals surface area contributed by atoms with E-state index in [-0.39, 0.29) is 16.7 Å². The fourth-order valence-electron chi connectivity index (χ4n) is 4.31. The minimum absolute atomic E-state index is 0.0354. The number of carbonyl (C=O) groups excluding carboxylic acids is 1. The summed E-state index contributed by atoms with van der Waals surface area (Å²) in [5.74, 6) is 0.687. The Kier molecular flexibility index (Phi) is 7.53. The quantitative estimate of drug-likeness (QED) is 0.666. The van der Waals surface area contributed by atoms with Gasteiger partial charge in [-0.2, -0.15) is 4.31 Å². The van der Waals surface area contributed by atoms with Gasteiger partial charge in [-0.3, -0.25) is 4.79 Å². The number of nitrogens with one attached hydrogen (secondary N) is 1. The minimum atomic E-state index is -3.58. The molecule has 1 N–H and O–H groups in total. The molecule has 178 valence electrons.